The average Bonchev–Trinajstić information content (AvgIpc) is 3.02. The Bertz CT molecular complexity index is 220. The fraction of sp³-hybridized carbons (Fsp3) is 0.917. The van der Waals surface area contributed by atoms with Crippen LogP contribution >= 0.6 is 0 Å². The van der Waals surface area contributed by atoms with Crippen LogP contribution in [0, 0.1) is 5.92 Å². The van der Waals surface area contributed by atoms with Crippen LogP contribution in [0.4, 0.5) is 0 Å². The lowest BCUT2D eigenvalue weighted by atomic mass is 9.85. The van der Waals surface area contributed by atoms with Crippen molar-refractivity contribution < 1.29 is 9.90 Å². The molecule has 2 fully saturated rings. The van der Waals surface area contributed by atoms with E-state index < -0.39 is 5.97 Å². The number of hydrogen-bond acceptors (Lipinski definition) is 2. The monoisotopic (exact) mass is 211 g/mol. The van der Waals surface area contributed by atoms with Crippen LogP contribution in [0.1, 0.15) is 51.4 Å². The van der Waals surface area contributed by atoms with E-state index in [1.165, 1.54) is 32.1 Å². The Hall–Kier alpha value is -0.570. The molecule has 0 spiro atoms. The Kier molecular flexibility index (Phi) is 3.62. The summed E-state index contributed by atoms with van der Waals surface area (Å²) in [6, 6.07) is 0.204. The highest BCUT2D eigenvalue weighted by molar-refractivity contribution is 5.73. The highest BCUT2D eigenvalue weighted by Crippen LogP contribution is 2.28. The first-order chi connectivity index (χ1) is 7.25. The van der Waals surface area contributed by atoms with E-state index in [1.807, 2.05) is 0 Å². The molecule has 0 aromatic carbocycles. The summed E-state index contributed by atoms with van der Waals surface area (Å²) < 4.78 is 0. The van der Waals surface area contributed by atoms with Crippen LogP contribution in [-0.4, -0.2) is 23.2 Å². The smallest absolute Gasteiger partial charge is 0.320 e. The average molecular weight is 211 g/mol. The second-order valence-electron chi connectivity index (χ2n) is 5.07. The molecule has 0 saturated heterocycles. The van der Waals surface area contributed by atoms with Gasteiger partial charge < -0.3 is 10.4 Å². The lowest BCUT2D eigenvalue weighted by Gasteiger charge is -2.25. The third kappa shape index (κ3) is 3.49. The van der Waals surface area contributed by atoms with E-state index in [9.17, 15) is 4.79 Å². The van der Waals surface area contributed by atoms with Crippen molar-refractivity contribution in [2.75, 3.05) is 0 Å². The van der Waals surface area contributed by atoms with Gasteiger partial charge in [-0.05, 0) is 25.2 Å². The van der Waals surface area contributed by atoms with Crippen molar-refractivity contribution in [2.24, 2.45) is 5.92 Å². The molecule has 0 aromatic rings. The normalized spacial score (nSPS) is 25.1. The maximum atomic E-state index is 11.1. The maximum absolute atomic E-state index is 11.1. The summed E-state index contributed by atoms with van der Waals surface area (Å²) in [5, 5.41) is 12.4. The van der Waals surface area contributed by atoms with Gasteiger partial charge in [-0.1, -0.05) is 32.1 Å². The van der Waals surface area contributed by atoms with E-state index in [1.54, 1.807) is 0 Å². The molecule has 0 bridgehead atoms. The zero-order chi connectivity index (χ0) is 10.7. The van der Waals surface area contributed by atoms with Gasteiger partial charge in [-0.2, -0.15) is 0 Å². The van der Waals surface area contributed by atoms with Crippen molar-refractivity contribution in [3.8, 4) is 0 Å². The molecule has 2 saturated carbocycles. The molecule has 2 rings (SSSR count). The van der Waals surface area contributed by atoms with Crippen LogP contribution < -0.4 is 5.32 Å². The highest BCUT2D eigenvalue weighted by atomic mass is 16.4. The number of carbonyl (C=O) groups is 1. The zero-order valence-electron chi connectivity index (χ0n) is 9.24. The minimum Gasteiger partial charge on any atom is -0.480 e. The van der Waals surface area contributed by atoms with E-state index in [0.29, 0.717) is 12.0 Å². The molecule has 2 aliphatic carbocycles. The molecular formula is C12H21NO2. The summed E-state index contributed by atoms with van der Waals surface area (Å²) in [5.74, 6) is -0.0152. The maximum Gasteiger partial charge on any atom is 0.320 e. The molecule has 0 aromatic heterocycles. The molecule has 3 heteroatoms. The van der Waals surface area contributed by atoms with E-state index in [-0.39, 0.29) is 6.04 Å². The standard InChI is InChI=1S/C12H21NO2/c14-12(15)11(13-10-6-7-10)8-9-4-2-1-3-5-9/h9-11,13H,1-8H2,(H,14,15). The Labute approximate surface area is 91.2 Å². The second kappa shape index (κ2) is 4.97. The van der Waals surface area contributed by atoms with Crippen LogP contribution in [0.25, 0.3) is 0 Å². The van der Waals surface area contributed by atoms with Crippen LogP contribution in [0.2, 0.25) is 0 Å². The molecule has 2 N–H and O–H groups in total. The molecule has 1 atom stereocenters. The van der Waals surface area contributed by atoms with Gasteiger partial charge in [-0.3, -0.25) is 4.79 Å². The fourth-order valence-electron chi connectivity index (χ4n) is 2.53. The fourth-order valence-corrected chi connectivity index (χ4v) is 2.53. The number of carboxylic acid groups (broad SMARTS) is 1. The van der Waals surface area contributed by atoms with Crippen molar-refractivity contribution in [1.29, 1.82) is 0 Å². The van der Waals surface area contributed by atoms with Gasteiger partial charge in [0.1, 0.15) is 6.04 Å². The molecule has 2 aliphatic rings. The van der Waals surface area contributed by atoms with Gasteiger partial charge in [0.05, 0.1) is 0 Å². The van der Waals surface area contributed by atoms with Gasteiger partial charge in [-0.15, -0.1) is 0 Å². The predicted octanol–water partition coefficient (Wildman–Crippen LogP) is 2.16. The summed E-state index contributed by atoms with van der Waals surface area (Å²) in [5.41, 5.74) is 0. The van der Waals surface area contributed by atoms with Gasteiger partial charge in [0, 0.05) is 6.04 Å². The number of nitrogens with one attached hydrogen (secondary N) is 1. The number of hydrogen-bond donors (Lipinski definition) is 2. The molecule has 0 heterocycles. The minimum absolute atomic E-state index is 0.291. The Morgan fingerprint density at radius 2 is 1.87 bits per heavy atom. The van der Waals surface area contributed by atoms with Crippen molar-refractivity contribution in [3.05, 3.63) is 0 Å². The van der Waals surface area contributed by atoms with Crippen molar-refractivity contribution in [3.63, 3.8) is 0 Å². The third-order valence-electron chi connectivity index (χ3n) is 3.61. The second-order valence-corrected chi connectivity index (χ2v) is 5.07. The molecule has 0 aliphatic heterocycles. The number of carboxylic acids is 1. The van der Waals surface area contributed by atoms with Gasteiger partial charge in [0.15, 0.2) is 0 Å². The largest absolute Gasteiger partial charge is 0.480 e. The quantitative estimate of drug-likeness (QED) is 0.732. The van der Waals surface area contributed by atoms with Crippen molar-refractivity contribution in [1.82, 2.24) is 5.32 Å². The number of rotatable bonds is 5. The lowest BCUT2D eigenvalue weighted by molar-refractivity contribution is -0.140. The molecule has 0 radical (unpaired) electrons. The summed E-state index contributed by atoms with van der Waals surface area (Å²) in [4.78, 5) is 11.1. The summed E-state index contributed by atoms with van der Waals surface area (Å²) in [7, 11) is 0. The van der Waals surface area contributed by atoms with Gasteiger partial charge >= 0.3 is 5.97 Å². The first kappa shape index (κ1) is 10.9. The zero-order valence-corrected chi connectivity index (χ0v) is 9.24. The van der Waals surface area contributed by atoms with Crippen molar-refractivity contribution >= 4 is 5.97 Å². The molecular weight excluding hydrogens is 190 g/mol. The Balaban J connectivity index is 1.78. The highest BCUT2D eigenvalue weighted by Gasteiger charge is 2.30. The molecule has 86 valence electrons. The first-order valence-electron chi connectivity index (χ1n) is 6.24. The van der Waals surface area contributed by atoms with E-state index in [4.69, 9.17) is 5.11 Å². The molecule has 0 amide bonds. The summed E-state index contributed by atoms with van der Waals surface area (Å²) >= 11 is 0. The lowest BCUT2D eigenvalue weighted by Crippen LogP contribution is -2.39. The van der Waals surface area contributed by atoms with Crippen LogP contribution in [0.3, 0.4) is 0 Å². The van der Waals surface area contributed by atoms with E-state index in [2.05, 4.69) is 5.32 Å². The van der Waals surface area contributed by atoms with Crippen molar-refractivity contribution in [2.45, 2.75) is 63.5 Å². The summed E-state index contributed by atoms with van der Waals surface area (Å²) in [6.07, 6.45) is 9.55. The molecule has 3 nitrogen and oxygen atoms in total. The van der Waals surface area contributed by atoms with Crippen LogP contribution in [0.5, 0.6) is 0 Å². The minimum atomic E-state index is -0.660. The third-order valence-corrected chi connectivity index (χ3v) is 3.61. The van der Waals surface area contributed by atoms with Crippen LogP contribution in [0.15, 0.2) is 0 Å². The van der Waals surface area contributed by atoms with Gasteiger partial charge in [0.25, 0.3) is 0 Å². The molecule has 15 heavy (non-hydrogen) atoms. The topological polar surface area (TPSA) is 49.3 Å². The Morgan fingerprint density at radius 1 is 1.20 bits per heavy atom. The first-order valence-corrected chi connectivity index (χ1v) is 6.24. The van der Waals surface area contributed by atoms with E-state index in [0.717, 1.165) is 19.3 Å². The SMILES string of the molecule is O=C(O)C(CC1CCCCC1)NC1CC1. The number of aliphatic carboxylic acids is 1. The summed E-state index contributed by atoms with van der Waals surface area (Å²) in [6.45, 7) is 0. The predicted molar refractivity (Wildman–Crippen MR) is 58.8 cm³/mol. The molecule has 1 unspecified atom stereocenters. The van der Waals surface area contributed by atoms with Gasteiger partial charge in [0.2, 0.25) is 0 Å². The van der Waals surface area contributed by atoms with E-state index >= 15 is 0 Å². The van der Waals surface area contributed by atoms with Gasteiger partial charge in [-0.25, -0.2) is 0 Å². The van der Waals surface area contributed by atoms with Crippen LogP contribution in [-0.2, 0) is 4.79 Å². The Morgan fingerprint density at radius 3 is 2.40 bits per heavy atom.